The van der Waals surface area contributed by atoms with Crippen LogP contribution in [0.15, 0.2) is 42.6 Å². The number of para-hydroxylation sites is 1. The molecule has 0 radical (unpaired) electrons. The van der Waals surface area contributed by atoms with Crippen LogP contribution < -0.4 is 0 Å². The standard InChI is InChI=1S/C18H26N2O/c1-14(13-18(2,3)4)12-17(21)16-10-11-19-20(16)15-8-6-5-7-9-15/h5-11,14,17,21H,12-13H2,1-4H3. The number of benzene rings is 1. The van der Waals surface area contributed by atoms with Crippen LogP contribution in [0.4, 0.5) is 0 Å². The second kappa shape index (κ2) is 6.44. The van der Waals surface area contributed by atoms with Crippen molar-refractivity contribution in [3.63, 3.8) is 0 Å². The molecule has 0 bridgehead atoms. The molecular formula is C18H26N2O. The smallest absolute Gasteiger partial charge is 0.0963 e. The number of aliphatic hydroxyl groups excluding tert-OH is 1. The average Bonchev–Trinajstić information content (AvgIpc) is 2.86. The van der Waals surface area contributed by atoms with Crippen molar-refractivity contribution >= 4 is 0 Å². The molecule has 0 amide bonds. The Morgan fingerprint density at radius 1 is 1.14 bits per heavy atom. The van der Waals surface area contributed by atoms with E-state index in [1.807, 2.05) is 41.1 Å². The Balaban J connectivity index is 2.11. The molecule has 2 atom stereocenters. The van der Waals surface area contributed by atoms with Crippen LogP contribution in [0.25, 0.3) is 5.69 Å². The maximum atomic E-state index is 10.6. The van der Waals surface area contributed by atoms with Crippen molar-refractivity contribution in [1.29, 1.82) is 0 Å². The third kappa shape index (κ3) is 4.43. The summed E-state index contributed by atoms with van der Waals surface area (Å²) in [4.78, 5) is 0. The minimum Gasteiger partial charge on any atom is -0.387 e. The largest absolute Gasteiger partial charge is 0.387 e. The van der Waals surface area contributed by atoms with Gasteiger partial charge in [0, 0.05) is 6.20 Å². The van der Waals surface area contributed by atoms with E-state index in [4.69, 9.17) is 0 Å². The Kier molecular flexibility index (Phi) is 4.84. The molecule has 114 valence electrons. The first-order chi connectivity index (χ1) is 9.87. The molecule has 2 aromatic rings. The Bertz CT molecular complexity index is 554. The number of hydrogen-bond donors (Lipinski definition) is 1. The fourth-order valence-corrected chi connectivity index (χ4v) is 2.98. The summed E-state index contributed by atoms with van der Waals surface area (Å²) in [5, 5.41) is 14.9. The number of nitrogens with zero attached hydrogens (tertiary/aromatic N) is 2. The van der Waals surface area contributed by atoms with Gasteiger partial charge in [0.2, 0.25) is 0 Å². The molecule has 1 heterocycles. The van der Waals surface area contributed by atoms with Gasteiger partial charge in [0.25, 0.3) is 0 Å². The average molecular weight is 286 g/mol. The summed E-state index contributed by atoms with van der Waals surface area (Å²) in [6, 6.07) is 11.9. The van der Waals surface area contributed by atoms with Crippen LogP contribution in [0.1, 0.15) is 52.3 Å². The van der Waals surface area contributed by atoms with Crippen molar-refractivity contribution < 1.29 is 5.11 Å². The van der Waals surface area contributed by atoms with Crippen LogP contribution >= 0.6 is 0 Å². The zero-order chi connectivity index (χ0) is 15.5. The fourth-order valence-electron chi connectivity index (χ4n) is 2.98. The molecule has 2 unspecified atom stereocenters. The summed E-state index contributed by atoms with van der Waals surface area (Å²) >= 11 is 0. The molecule has 2 rings (SSSR count). The van der Waals surface area contributed by atoms with E-state index >= 15 is 0 Å². The molecule has 0 saturated heterocycles. The fraction of sp³-hybridized carbons (Fsp3) is 0.500. The number of rotatable bonds is 5. The van der Waals surface area contributed by atoms with E-state index in [9.17, 15) is 5.11 Å². The molecule has 1 aromatic heterocycles. The lowest BCUT2D eigenvalue weighted by Gasteiger charge is -2.25. The molecule has 3 heteroatoms. The molecule has 0 aliphatic carbocycles. The van der Waals surface area contributed by atoms with E-state index in [2.05, 4.69) is 32.8 Å². The maximum absolute atomic E-state index is 10.6. The van der Waals surface area contributed by atoms with Crippen molar-refractivity contribution in [2.24, 2.45) is 11.3 Å². The zero-order valence-electron chi connectivity index (χ0n) is 13.5. The first kappa shape index (κ1) is 15.8. The van der Waals surface area contributed by atoms with E-state index in [1.165, 1.54) is 0 Å². The van der Waals surface area contributed by atoms with Gasteiger partial charge in [-0.2, -0.15) is 5.10 Å². The van der Waals surface area contributed by atoms with Crippen molar-refractivity contribution in [2.45, 2.75) is 46.6 Å². The molecule has 21 heavy (non-hydrogen) atoms. The Morgan fingerprint density at radius 3 is 2.43 bits per heavy atom. The zero-order valence-corrected chi connectivity index (χ0v) is 13.5. The summed E-state index contributed by atoms with van der Waals surface area (Å²) < 4.78 is 1.83. The summed E-state index contributed by atoms with van der Waals surface area (Å²) in [7, 11) is 0. The van der Waals surface area contributed by atoms with E-state index in [0.29, 0.717) is 11.3 Å². The van der Waals surface area contributed by atoms with Crippen molar-refractivity contribution in [2.75, 3.05) is 0 Å². The molecule has 0 fully saturated rings. The summed E-state index contributed by atoms with van der Waals surface area (Å²) in [5.74, 6) is 0.471. The Labute approximate surface area is 127 Å². The second-order valence-corrected chi connectivity index (χ2v) is 7.12. The third-order valence-electron chi connectivity index (χ3n) is 3.60. The lowest BCUT2D eigenvalue weighted by Crippen LogP contribution is -2.15. The molecule has 0 aliphatic heterocycles. The highest BCUT2D eigenvalue weighted by Gasteiger charge is 2.21. The minimum atomic E-state index is -0.481. The molecule has 1 aromatic carbocycles. The van der Waals surface area contributed by atoms with Gasteiger partial charge in [-0.1, -0.05) is 45.9 Å². The maximum Gasteiger partial charge on any atom is 0.0963 e. The normalized spacial score (nSPS) is 14.9. The van der Waals surface area contributed by atoms with E-state index in [1.54, 1.807) is 6.20 Å². The van der Waals surface area contributed by atoms with Gasteiger partial charge in [-0.25, -0.2) is 4.68 Å². The first-order valence-corrected chi connectivity index (χ1v) is 7.64. The SMILES string of the molecule is CC(CC(O)c1ccnn1-c1ccccc1)CC(C)(C)C. The van der Waals surface area contributed by atoms with Gasteiger partial charge in [0.1, 0.15) is 0 Å². The minimum absolute atomic E-state index is 0.290. The van der Waals surface area contributed by atoms with Gasteiger partial charge >= 0.3 is 0 Å². The van der Waals surface area contributed by atoms with Gasteiger partial charge in [-0.05, 0) is 42.4 Å². The molecule has 0 spiro atoms. The van der Waals surface area contributed by atoms with Gasteiger partial charge < -0.3 is 5.11 Å². The molecule has 1 N–H and O–H groups in total. The van der Waals surface area contributed by atoms with Crippen molar-refractivity contribution in [3.05, 3.63) is 48.3 Å². The summed E-state index contributed by atoms with van der Waals surface area (Å²) in [6.45, 7) is 8.93. The highest BCUT2D eigenvalue weighted by molar-refractivity contribution is 5.32. The quantitative estimate of drug-likeness (QED) is 0.886. The summed E-state index contributed by atoms with van der Waals surface area (Å²) in [6.07, 6.45) is 3.13. The van der Waals surface area contributed by atoms with Crippen LogP contribution in [0.3, 0.4) is 0 Å². The van der Waals surface area contributed by atoms with Crippen LogP contribution in [-0.2, 0) is 0 Å². The van der Waals surface area contributed by atoms with E-state index in [0.717, 1.165) is 24.2 Å². The van der Waals surface area contributed by atoms with Gasteiger partial charge in [0.15, 0.2) is 0 Å². The lowest BCUT2D eigenvalue weighted by molar-refractivity contribution is 0.128. The highest BCUT2D eigenvalue weighted by atomic mass is 16.3. The predicted octanol–water partition coefficient (Wildman–Crippen LogP) is 4.37. The van der Waals surface area contributed by atoms with Crippen LogP contribution in [0.2, 0.25) is 0 Å². The van der Waals surface area contributed by atoms with Gasteiger partial charge in [-0.3, -0.25) is 0 Å². The monoisotopic (exact) mass is 286 g/mol. The topological polar surface area (TPSA) is 38.1 Å². The molecule has 3 nitrogen and oxygen atoms in total. The first-order valence-electron chi connectivity index (χ1n) is 7.64. The Morgan fingerprint density at radius 2 is 1.81 bits per heavy atom. The van der Waals surface area contributed by atoms with Crippen molar-refractivity contribution in [1.82, 2.24) is 9.78 Å². The third-order valence-corrected chi connectivity index (χ3v) is 3.60. The molecule has 0 aliphatic rings. The lowest BCUT2D eigenvalue weighted by atomic mass is 9.83. The van der Waals surface area contributed by atoms with Gasteiger partial charge in [0.05, 0.1) is 17.5 Å². The van der Waals surface area contributed by atoms with Gasteiger partial charge in [-0.15, -0.1) is 0 Å². The highest BCUT2D eigenvalue weighted by Crippen LogP contribution is 2.30. The van der Waals surface area contributed by atoms with Crippen LogP contribution in [-0.4, -0.2) is 14.9 Å². The van der Waals surface area contributed by atoms with Crippen LogP contribution in [0, 0.1) is 11.3 Å². The Hall–Kier alpha value is -1.61. The summed E-state index contributed by atoms with van der Waals surface area (Å²) in [5.41, 5.74) is 2.14. The van der Waals surface area contributed by atoms with Crippen molar-refractivity contribution in [3.8, 4) is 5.69 Å². The second-order valence-electron chi connectivity index (χ2n) is 7.12. The number of aliphatic hydroxyl groups is 1. The predicted molar refractivity (Wildman–Crippen MR) is 86.4 cm³/mol. The van der Waals surface area contributed by atoms with Crippen LogP contribution in [0.5, 0.6) is 0 Å². The van der Waals surface area contributed by atoms with E-state index in [-0.39, 0.29) is 0 Å². The van der Waals surface area contributed by atoms with E-state index < -0.39 is 6.10 Å². The number of aromatic nitrogens is 2. The molecular weight excluding hydrogens is 260 g/mol. The molecule has 0 saturated carbocycles. The number of hydrogen-bond acceptors (Lipinski definition) is 2.